The lowest BCUT2D eigenvalue weighted by Gasteiger charge is -2.27. The zero-order chi connectivity index (χ0) is 14.4. The summed E-state index contributed by atoms with van der Waals surface area (Å²) in [5, 5.41) is 3.38. The topological polar surface area (TPSA) is 24.5 Å². The summed E-state index contributed by atoms with van der Waals surface area (Å²) in [6.07, 6.45) is 5.40. The van der Waals surface area contributed by atoms with E-state index in [0.29, 0.717) is 6.04 Å². The maximum Gasteiger partial charge on any atom is 0.0587 e. The molecule has 0 aromatic heterocycles. The molecule has 2 rings (SSSR count). The molecule has 1 aliphatic carbocycles. The van der Waals surface area contributed by atoms with Gasteiger partial charge in [-0.3, -0.25) is 0 Å². The predicted molar refractivity (Wildman–Crippen MR) is 88.4 cm³/mol. The summed E-state index contributed by atoms with van der Waals surface area (Å²) in [5.41, 5.74) is 2.61. The largest absolute Gasteiger partial charge is 0.383 e. The molecular formula is C16H25BrN2O. The van der Waals surface area contributed by atoms with Gasteiger partial charge in [-0.05, 0) is 30.5 Å². The highest BCUT2D eigenvalue weighted by molar-refractivity contribution is 9.10. The van der Waals surface area contributed by atoms with Crippen molar-refractivity contribution in [3.63, 3.8) is 0 Å². The van der Waals surface area contributed by atoms with Crippen molar-refractivity contribution < 1.29 is 4.74 Å². The Morgan fingerprint density at radius 1 is 1.35 bits per heavy atom. The molecule has 0 heterocycles. The Bertz CT molecular complexity index is 419. The molecule has 0 bridgehead atoms. The Morgan fingerprint density at radius 3 is 2.75 bits per heavy atom. The fourth-order valence-corrected chi connectivity index (χ4v) is 3.31. The minimum absolute atomic E-state index is 0.715. The van der Waals surface area contributed by atoms with Crippen LogP contribution >= 0.6 is 15.9 Å². The second kappa shape index (κ2) is 8.01. The van der Waals surface area contributed by atoms with E-state index < -0.39 is 0 Å². The van der Waals surface area contributed by atoms with Crippen molar-refractivity contribution in [1.29, 1.82) is 0 Å². The van der Waals surface area contributed by atoms with Crippen LogP contribution in [-0.2, 0) is 11.3 Å². The van der Waals surface area contributed by atoms with Gasteiger partial charge in [-0.15, -0.1) is 0 Å². The highest BCUT2D eigenvalue weighted by atomic mass is 79.9. The zero-order valence-electron chi connectivity index (χ0n) is 12.5. The van der Waals surface area contributed by atoms with Gasteiger partial charge >= 0.3 is 0 Å². The fourth-order valence-electron chi connectivity index (χ4n) is 2.80. The van der Waals surface area contributed by atoms with Gasteiger partial charge in [0.15, 0.2) is 0 Å². The summed E-state index contributed by atoms with van der Waals surface area (Å²) in [4.78, 5) is 2.43. The van der Waals surface area contributed by atoms with E-state index in [9.17, 15) is 0 Å². The molecule has 1 N–H and O–H groups in total. The molecule has 3 nitrogen and oxygen atoms in total. The third-order valence-electron chi connectivity index (χ3n) is 4.11. The average molecular weight is 341 g/mol. The number of halogens is 1. The second-order valence-electron chi connectivity index (χ2n) is 5.49. The van der Waals surface area contributed by atoms with E-state index in [4.69, 9.17) is 4.74 Å². The van der Waals surface area contributed by atoms with E-state index in [-0.39, 0.29) is 0 Å². The standard InChI is InChI=1S/C16H25BrN2O/c1-19(14-5-3-4-6-14)15-8-7-13(16(17)11-15)12-18-9-10-20-2/h7-8,11,14,18H,3-6,9-10,12H2,1-2H3. The van der Waals surface area contributed by atoms with Crippen molar-refractivity contribution in [2.75, 3.05) is 32.2 Å². The van der Waals surface area contributed by atoms with E-state index in [1.165, 1.54) is 41.4 Å². The molecule has 1 fully saturated rings. The van der Waals surface area contributed by atoms with Crippen molar-refractivity contribution in [3.05, 3.63) is 28.2 Å². The molecule has 0 radical (unpaired) electrons. The van der Waals surface area contributed by atoms with Gasteiger partial charge in [0.25, 0.3) is 0 Å². The van der Waals surface area contributed by atoms with Gasteiger partial charge in [-0.25, -0.2) is 0 Å². The normalized spacial score (nSPS) is 15.8. The van der Waals surface area contributed by atoms with Crippen LogP contribution in [0.2, 0.25) is 0 Å². The Labute approximate surface area is 130 Å². The third kappa shape index (κ3) is 4.21. The second-order valence-corrected chi connectivity index (χ2v) is 6.35. The Morgan fingerprint density at radius 2 is 2.10 bits per heavy atom. The Hall–Kier alpha value is -0.580. The first kappa shape index (κ1) is 15.8. The van der Waals surface area contributed by atoms with Crippen LogP contribution < -0.4 is 10.2 Å². The number of hydrogen-bond acceptors (Lipinski definition) is 3. The number of nitrogens with one attached hydrogen (secondary N) is 1. The van der Waals surface area contributed by atoms with Gasteiger partial charge in [-0.1, -0.05) is 34.8 Å². The van der Waals surface area contributed by atoms with Gasteiger partial charge in [0.05, 0.1) is 6.61 Å². The molecule has 1 saturated carbocycles. The first-order valence-electron chi connectivity index (χ1n) is 7.43. The number of benzene rings is 1. The smallest absolute Gasteiger partial charge is 0.0587 e. The van der Waals surface area contributed by atoms with Crippen molar-refractivity contribution >= 4 is 21.6 Å². The number of methoxy groups -OCH3 is 1. The van der Waals surface area contributed by atoms with Gasteiger partial charge < -0.3 is 15.0 Å². The Balaban J connectivity index is 1.94. The van der Waals surface area contributed by atoms with Crippen LogP contribution in [-0.4, -0.2) is 33.4 Å². The monoisotopic (exact) mass is 340 g/mol. The van der Waals surface area contributed by atoms with Crippen LogP contribution in [0.25, 0.3) is 0 Å². The van der Waals surface area contributed by atoms with Crippen LogP contribution in [0.15, 0.2) is 22.7 Å². The van der Waals surface area contributed by atoms with Crippen LogP contribution in [0.3, 0.4) is 0 Å². The van der Waals surface area contributed by atoms with Crippen LogP contribution in [0.5, 0.6) is 0 Å². The molecule has 112 valence electrons. The number of anilines is 1. The number of hydrogen-bond donors (Lipinski definition) is 1. The molecule has 0 saturated heterocycles. The minimum atomic E-state index is 0.715. The minimum Gasteiger partial charge on any atom is -0.383 e. The van der Waals surface area contributed by atoms with Gasteiger partial charge in [0.1, 0.15) is 0 Å². The number of ether oxygens (including phenoxy) is 1. The molecule has 4 heteroatoms. The molecule has 0 aliphatic heterocycles. The van der Waals surface area contributed by atoms with E-state index in [1.807, 2.05) is 0 Å². The summed E-state index contributed by atoms with van der Waals surface area (Å²) in [6, 6.07) is 7.40. The maximum absolute atomic E-state index is 5.04. The predicted octanol–water partition coefficient (Wildman–Crippen LogP) is 3.56. The molecule has 0 amide bonds. The lowest BCUT2D eigenvalue weighted by Crippen LogP contribution is -2.28. The molecular weight excluding hydrogens is 316 g/mol. The number of rotatable bonds is 7. The lowest BCUT2D eigenvalue weighted by atomic mass is 10.1. The average Bonchev–Trinajstić information content (AvgIpc) is 2.98. The van der Waals surface area contributed by atoms with Gasteiger partial charge in [0, 0.05) is 43.4 Å². The maximum atomic E-state index is 5.04. The molecule has 20 heavy (non-hydrogen) atoms. The van der Waals surface area contributed by atoms with Crippen molar-refractivity contribution in [2.24, 2.45) is 0 Å². The first-order chi connectivity index (χ1) is 9.72. The van der Waals surface area contributed by atoms with Gasteiger partial charge in [0.2, 0.25) is 0 Å². The lowest BCUT2D eigenvalue weighted by molar-refractivity contribution is 0.199. The molecule has 1 aliphatic rings. The summed E-state index contributed by atoms with van der Waals surface area (Å²) >= 11 is 3.70. The summed E-state index contributed by atoms with van der Waals surface area (Å²) in [7, 11) is 3.94. The highest BCUT2D eigenvalue weighted by Gasteiger charge is 2.20. The Kier molecular flexibility index (Phi) is 6.33. The SMILES string of the molecule is COCCNCc1ccc(N(C)C2CCCC2)cc1Br. The molecule has 1 aromatic rings. The van der Waals surface area contributed by atoms with Crippen molar-refractivity contribution in [3.8, 4) is 0 Å². The van der Waals surface area contributed by atoms with E-state index in [2.05, 4.69) is 51.4 Å². The fraction of sp³-hybridized carbons (Fsp3) is 0.625. The quantitative estimate of drug-likeness (QED) is 0.768. The first-order valence-corrected chi connectivity index (χ1v) is 8.22. The van der Waals surface area contributed by atoms with Crippen LogP contribution in [0.1, 0.15) is 31.2 Å². The molecule has 1 aromatic carbocycles. The summed E-state index contributed by atoms with van der Waals surface area (Å²) in [5.74, 6) is 0. The van der Waals surface area contributed by atoms with Crippen LogP contribution in [0, 0.1) is 0 Å². The molecule has 0 spiro atoms. The van der Waals surface area contributed by atoms with Crippen LogP contribution in [0.4, 0.5) is 5.69 Å². The molecule has 0 unspecified atom stereocenters. The summed E-state index contributed by atoms with van der Waals surface area (Å²) < 4.78 is 6.22. The van der Waals surface area contributed by atoms with E-state index in [1.54, 1.807) is 7.11 Å². The van der Waals surface area contributed by atoms with E-state index in [0.717, 1.165) is 19.7 Å². The van der Waals surface area contributed by atoms with Gasteiger partial charge in [-0.2, -0.15) is 0 Å². The van der Waals surface area contributed by atoms with Crippen molar-refractivity contribution in [2.45, 2.75) is 38.3 Å². The van der Waals surface area contributed by atoms with Crippen molar-refractivity contribution in [1.82, 2.24) is 5.32 Å². The third-order valence-corrected chi connectivity index (χ3v) is 4.85. The van der Waals surface area contributed by atoms with E-state index >= 15 is 0 Å². The number of nitrogens with zero attached hydrogens (tertiary/aromatic N) is 1. The summed E-state index contributed by atoms with van der Waals surface area (Å²) in [6.45, 7) is 2.50. The zero-order valence-corrected chi connectivity index (χ0v) is 14.1. The molecule has 0 atom stereocenters. The highest BCUT2D eigenvalue weighted by Crippen LogP contribution is 2.29.